The van der Waals surface area contributed by atoms with Crippen molar-refractivity contribution in [3.63, 3.8) is 0 Å². The van der Waals surface area contributed by atoms with E-state index in [4.69, 9.17) is 26.1 Å². The zero-order chi connectivity index (χ0) is 21.4. The van der Waals surface area contributed by atoms with Gasteiger partial charge < -0.3 is 19.7 Å². The number of carbonyl (C=O) groups is 1. The molecule has 3 rings (SSSR count). The molecule has 2 aliphatic heterocycles. The molecule has 2 aliphatic rings. The van der Waals surface area contributed by atoms with Crippen molar-refractivity contribution in [2.75, 3.05) is 46.0 Å². The molecular formula is C23H34ClN3O3. The number of likely N-dealkylation sites (tertiary alicyclic amines) is 1. The first-order valence-corrected chi connectivity index (χ1v) is 11.5. The maximum absolute atomic E-state index is 12.1. The Morgan fingerprint density at radius 3 is 2.60 bits per heavy atom. The Kier molecular flexibility index (Phi) is 8.40. The van der Waals surface area contributed by atoms with E-state index in [2.05, 4.69) is 23.2 Å². The highest BCUT2D eigenvalue weighted by atomic mass is 35.5. The normalized spacial score (nSPS) is 20.1. The minimum atomic E-state index is -0.111. The van der Waals surface area contributed by atoms with Crippen LogP contribution in [0, 0.1) is 5.92 Å². The van der Waals surface area contributed by atoms with Crippen molar-refractivity contribution in [1.29, 1.82) is 0 Å². The molecule has 1 N–H and O–H groups in total. The fraction of sp³-hybridized carbons (Fsp3) is 0.652. The third-order valence-electron chi connectivity index (χ3n) is 6.18. The van der Waals surface area contributed by atoms with Crippen LogP contribution in [0.25, 0.3) is 0 Å². The number of guanidine groups is 1. The van der Waals surface area contributed by atoms with E-state index in [0.29, 0.717) is 13.2 Å². The van der Waals surface area contributed by atoms with Gasteiger partial charge in [-0.05, 0) is 51.2 Å². The fourth-order valence-corrected chi connectivity index (χ4v) is 4.74. The molecule has 0 aliphatic carbocycles. The molecule has 0 atom stereocenters. The van der Waals surface area contributed by atoms with E-state index < -0.39 is 0 Å². The molecule has 2 saturated heterocycles. The molecule has 0 bridgehead atoms. The van der Waals surface area contributed by atoms with Crippen LogP contribution in [0.4, 0.5) is 0 Å². The molecule has 0 aromatic heterocycles. The van der Waals surface area contributed by atoms with Gasteiger partial charge in [0, 0.05) is 43.3 Å². The Balaban J connectivity index is 1.74. The van der Waals surface area contributed by atoms with Crippen LogP contribution < -0.4 is 5.32 Å². The fourth-order valence-electron chi connectivity index (χ4n) is 4.41. The molecule has 0 saturated carbocycles. The molecular weight excluding hydrogens is 402 g/mol. The summed E-state index contributed by atoms with van der Waals surface area (Å²) < 4.78 is 10.8. The number of aliphatic imine (C=N–C) groups is 1. The largest absolute Gasteiger partial charge is 0.466 e. The van der Waals surface area contributed by atoms with Crippen LogP contribution in [0.1, 0.15) is 45.1 Å². The molecule has 30 heavy (non-hydrogen) atoms. The number of ether oxygens (including phenoxy) is 2. The smallest absolute Gasteiger partial charge is 0.309 e. The second-order valence-corrected chi connectivity index (χ2v) is 8.46. The van der Waals surface area contributed by atoms with E-state index in [0.717, 1.165) is 75.1 Å². The van der Waals surface area contributed by atoms with Gasteiger partial charge in [-0.1, -0.05) is 29.8 Å². The van der Waals surface area contributed by atoms with Gasteiger partial charge in [0.25, 0.3) is 0 Å². The van der Waals surface area contributed by atoms with Crippen molar-refractivity contribution >= 4 is 23.5 Å². The van der Waals surface area contributed by atoms with Crippen molar-refractivity contribution in [2.45, 2.75) is 44.9 Å². The molecule has 1 aromatic rings. The Hall–Kier alpha value is -1.79. The van der Waals surface area contributed by atoms with Crippen LogP contribution in [0.2, 0.25) is 5.02 Å². The maximum Gasteiger partial charge on any atom is 0.309 e. The summed E-state index contributed by atoms with van der Waals surface area (Å²) in [6.45, 7) is 8.91. The molecule has 0 unspecified atom stereocenters. The number of rotatable bonds is 6. The van der Waals surface area contributed by atoms with Gasteiger partial charge in [-0.25, -0.2) is 0 Å². The highest BCUT2D eigenvalue weighted by Gasteiger charge is 2.36. The second-order valence-electron chi connectivity index (χ2n) is 8.06. The predicted octanol–water partition coefficient (Wildman–Crippen LogP) is 3.63. The van der Waals surface area contributed by atoms with Gasteiger partial charge >= 0.3 is 5.97 Å². The van der Waals surface area contributed by atoms with Crippen molar-refractivity contribution in [3.8, 4) is 0 Å². The standard InChI is InChI=1S/C23H34ClN3O3/c1-3-25-22(27-13-9-18(10-14-27)21(28)30-4-2)26-17-23(11-15-29-16-12-23)19-7-5-6-8-20(19)24/h5-8,18H,3-4,9-17H2,1-2H3,(H,25,26). The zero-order valence-corrected chi connectivity index (χ0v) is 18.9. The summed E-state index contributed by atoms with van der Waals surface area (Å²) >= 11 is 6.58. The second kappa shape index (κ2) is 11.0. The van der Waals surface area contributed by atoms with E-state index in [1.165, 1.54) is 0 Å². The summed E-state index contributed by atoms with van der Waals surface area (Å²) in [5.74, 6) is 0.839. The number of hydrogen-bond donors (Lipinski definition) is 1. The van der Waals surface area contributed by atoms with E-state index >= 15 is 0 Å². The van der Waals surface area contributed by atoms with Crippen LogP contribution in [0.5, 0.6) is 0 Å². The van der Waals surface area contributed by atoms with E-state index in [1.807, 2.05) is 25.1 Å². The van der Waals surface area contributed by atoms with Crippen molar-refractivity contribution < 1.29 is 14.3 Å². The highest BCUT2D eigenvalue weighted by molar-refractivity contribution is 6.31. The predicted molar refractivity (Wildman–Crippen MR) is 120 cm³/mol. The third-order valence-corrected chi connectivity index (χ3v) is 6.51. The molecule has 2 fully saturated rings. The summed E-state index contributed by atoms with van der Waals surface area (Å²) in [6, 6.07) is 8.11. The lowest BCUT2D eigenvalue weighted by molar-refractivity contribution is -0.149. The van der Waals surface area contributed by atoms with Gasteiger partial charge in [0.1, 0.15) is 0 Å². The summed E-state index contributed by atoms with van der Waals surface area (Å²) in [4.78, 5) is 19.4. The van der Waals surface area contributed by atoms with E-state index in [-0.39, 0.29) is 17.3 Å². The maximum atomic E-state index is 12.1. The van der Waals surface area contributed by atoms with E-state index in [9.17, 15) is 4.79 Å². The molecule has 0 amide bonds. The highest BCUT2D eigenvalue weighted by Crippen LogP contribution is 2.39. The van der Waals surface area contributed by atoms with Crippen molar-refractivity contribution in [2.24, 2.45) is 10.9 Å². The Morgan fingerprint density at radius 1 is 1.27 bits per heavy atom. The number of esters is 1. The molecule has 2 heterocycles. The Morgan fingerprint density at radius 2 is 1.97 bits per heavy atom. The summed E-state index contributed by atoms with van der Waals surface area (Å²) in [7, 11) is 0. The lowest BCUT2D eigenvalue weighted by atomic mass is 9.74. The average Bonchev–Trinajstić information content (AvgIpc) is 2.78. The van der Waals surface area contributed by atoms with Gasteiger partial charge in [0.05, 0.1) is 19.1 Å². The summed E-state index contributed by atoms with van der Waals surface area (Å²) in [5.41, 5.74) is 1.05. The minimum Gasteiger partial charge on any atom is -0.466 e. The first-order valence-electron chi connectivity index (χ1n) is 11.1. The lowest BCUT2D eigenvalue weighted by Crippen LogP contribution is -2.47. The number of piperidine rings is 1. The van der Waals surface area contributed by atoms with Crippen LogP contribution in [-0.2, 0) is 19.7 Å². The SMILES string of the molecule is CCNC(=NCC1(c2ccccc2Cl)CCOCC1)N1CCC(C(=O)OCC)CC1. The van der Waals surface area contributed by atoms with Gasteiger partial charge in [-0.3, -0.25) is 9.79 Å². The lowest BCUT2D eigenvalue weighted by Gasteiger charge is -2.38. The number of benzene rings is 1. The summed E-state index contributed by atoms with van der Waals surface area (Å²) in [6.07, 6.45) is 3.41. The Labute approximate surface area is 185 Å². The van der Waals surface area contributed by atoms with Crippen molar-refractivity contribution in [3.05, 3.63) is 34.9 Å². The number of nitrogens with one attached hydrogen (secondary N) is 1. The van der Waals surface area contributed by atoms with Crippen LogP contribution in [-0.4, -0.2) is 62.8 Å². The first kappa shape index (κ1) is 22.9. The molecule has 0 spiro atoms. The van der Waals surface area contributed by atoms with Crippen LogP contribution >= 0.6 is 11.6 Å². The number of nitrogens with zero attached hydrogens (tertiary/aromatic N) is 2. The minimum absolute atomic E-state index is 0.00552. The molecule has 6 nitrogen and oxygen atoms in total. The monoisotopic (exact) mass is 435 g/mol. The van der Waals surface area contributed by atoms with Gasteiger partial charge in [0.15, 0.2) is 5.96 Å². The quantitative estimate of drug-likeness (QED) is 0.420. The number of halogens is 1. The molecule has 1 aromatic carbocycles. The van der Waals surface area contributed by atoms with Gasteiger partial charge in [-0.2, -0.15) is 0 Å². The van der Waals surface area contributed by atoms with Crippen LogP contribution in [0.3, 0.4) is 0 Å². The Bertz CT molecular complexity index is 726. The van der Waals surface area contributed by atoms with E-state index in [1.54, 1.807) is 0 Å². The first-order chi connectivity index (χ1) is 14.6. The number of hydrogen-bond acceptors (Lipinski definition) is 4. The topological polar surface area (TPSA) is 63.2 Å². The summed E-state index contributed by atoms with van der Waals surface area (Å²) in [5, 5.41) is 4.24. The third kappa shape index (κ3) is 5.46. The molecule has 0 radical (unpaired) electrons. The van der Waals surface area contributed by atoms with Gasteiger partial charge in [0.2, 0.25) is 0 Å². The van der Waals surface area contributed by atoms with Crippen LogP contribution in [0.15, 0.2) is 29.3 Å². The van der Waals surface area contributed by atoms with Gasteiger partial charge in [-0.15, -0.1) is 0 Å². The van der Waals surface area contributed by atoms with Crippen molar-refractivity contribution in [1.82, 2.24) is 10.2 Å². The molecule has 7 heteroatoms. The average molecular weight is 436 g/mol. The zero-order valence-electron chi connectivity index (χ0n) is 18.2. The molecule has 166 valence electrons. The number of carbonyl (C=O) groups excluding carboxylic acids is 1.